The highest BCUT2D eigenvalue weighted by Crippen LogP contribution is 2.30. The highest BCUT2D eigenvalue weighted by molar-refractivity contribution is 5.35. The van der Waals surface area contributed by atoms with Gasteiger partial charge >= 0.3 is 12.2 Å². The van der Waals surface area contributed by atoms with Crippen molar-refractivity contribution in [1.29, 1.82) is 0 Å². The second-order valence-electron chi connectivity index (χ2n) is 7.62. The van der Waals surface area contributed by atoms with Crippen LogP contribution in [0.4, 0.5) is 22.0 Å². The van der Waals surface area contributed by atoms with E-state index >= 15 is 0 Å². The summed E-state index contributed by atoms with van der Waals surface area (Å²) in [6, 6.07) is 2.05. The number of hydrogen-bond donors (Lipinski definition) is 1. The first kappa shape index (κ1) is 26.4. The first-order valence-corrected chi connectivity index (χ1v) is 10.7. The third-order valence-electron chi connectivity index (χ3n) is 4.90. The Morgan fingerprint density at radius 1 is 0.947 bits per heavy atom. The predicted octanol–water partition coefficient (Wildman–Crippen LogP) is 3.66. The van der Waals surface area contributed by atoms with Crippen molar-refractivity contribution in [2.45, 2.75) is 19.0 Å². The van der Waals surface area contributed by atoms with E-state index in [1.54, 1.807) is 0 Å². The van der Waals surface area contributed by atoms with Crippen LogP contribution in [0.5, 0.6) is 23.5 Å². The summed E-state index contributed by atoms with van der Waals surface area (Å²) in [5.74, 6) is -4.83. The van der Waals surface area contributed by atoms with Crippen LogP contribution in [0.15, 0.2) is 47.9 Å². The van der Waals surface area contributed by atoms with Crippen LogP contribution in [-0.4, -0.2) is 43.6 Å². The predicted molar refractivity (Wildman–Crippen MR) is 119 cm³/mol. The lowest BCUT2D eigenvalue weighted by Gasteiger charge is -2.11. The summed E-state index contributed by atoms with van der Waals surface area (Å²) < 4.78 is 81.7. The van der Waals surface area contributed by atoms with Crippen LogP contribution in [0.2, 0.25) is 0 Å². The summed E-state index contributed by atoms with van der Waals surface area (Å²) in [6.07, 6.45) is 1.25. The second-order valence-corrected chi connectivity index (χ2v) is 7.62. The van der Waals surface area contributed by atoms with Gasteiger partial charge in [-0.3, -0.25) is 4.79 Å². The van der Waals surface area contributed by atoms with E-state index in [9.17, 15) is 26.7 Å². The van der Waals surface area contributed by atoms with Crippen LogP contribution >= 0.6 is 0 Å². The number of aromatic amines is 1. The van der Waals surface area contributed by atoms with Crippen molar-refractivity contribution in [2.24, 2.45) is 0 Å². The molecule has 0 atom stereocenters. The largest absolute Gasteiger partial charge is 0.467 e. The average molecular weight is 536 g/mol. The molecule has 0 saturated carbocycles. The van der Waals surface area contributed by atoms with Crippen molar-refractivity contribution < 1.29 is 36.2 Å². The first-order valence-electron chi connectivity index (χ1n) is 10.7. The molecule has 0 bridgehead atoms. The zero-order valence-corrected chi connectivity index (χ0v) is 19.4. The van der Waals surface area contributed by atoms with Gasteiger partial charge in [0.15, 0.2) is 23.1 Å². The van der Waals surface area contributed by atoms with E-state index in [0.717, 1.165) is 12.1 Å². The number of alkyl halides is 3. The van der Waals surface area contributed by atoms with Crippen molar-refractivity contribution in [3.8, 4) is 23.5 Å². The average Bonchev–Trinajstić information content (AvgIpc) is 2.88. The molecule has 198 valence electrons. The number of rotatable bonds is 9. The van der Waals surface area contributed by atoms with Gasteiger partial charge in [0.1, 0.15) is 0 Å². The summed E-state index contributed by atoms with van der Waals surface area (Å²) in [4.78, 5) is 32.9. The molecular weight excluding hydrogens is 519 g/mol. The number of H-pyrrole nitrogens is 1. The van der Waals surface area contributed by atoms with Gasteiger partial charge < -0.3 is 19.2 Å². The Balaban J connectivity index is 1.34. The van der Waals surface area contributed by atoms with Gasteiger partial charge in [0.2, 0.25) is 5.82 Å². The van der Waals surface area contributed by atoms with Gasteiger partial charge in [-0.1, -0.05) is 0 Å². The molecular formula is C23H17F5N6O4. The zero-order valence-electron chi connectivity index (χ0n) is 19.4. The van der Waals surface area contributed by atoms with E-state index in [0.29, 0.717) is 23.5 Å². The number of nitrogens with one attached hydrogen (secondary N) is 1. The van der Waals surface area contributed by atoms with Crippen LogP contribution in [0, 0.1) is 11.6 Å². The van der Waals surface area contributed by atoms with Gasteiger partial charge in [0.05, 0.1) is 26.1 Å². The molecule has 0 aliphatic heterocycles. The Hall–Kier alpha value is -4.69. The minimum atomic E-state index is -4.77. The summed E-state index contributed by atoms with van der Waals surface area (Å²) in [5.41, 5.74) is 0.647. The topological polar surface area (TPSA) is 125 Å². The van der Waals surface area contributed by atoms with Gasteiger partial charge in [0.25, 0.3) is 11.6 Å². The molecule has 38 heavy (non-hydrogen) atoms. The number of nitrogens with zero attached hydrogens (tertiary/aromatic N) is 5. The molecule has 0 aliphatic carbocycles. The summed E-state index contributed by atoms with van der Waals surface area (Å²) >= 11 is 0. The highest BCUT2D eigenvalue weighted by atomic mass is 19.4. The maximum atomic E-state index is 14.4. The molecule has 0 fully saturated rings. The molecule has 0 saturated heterocycles. The van der Waals surface area contributed by atoms with E-state index in [4.69, 9.17) is 14.2 Å². The van der Waals surface area contributed by atoms with Crippen LogP contribution in [0.3, 0.4) is 0 Å². The molecule has 0 aliphatic rings. The molecule has 10 nitrogen and oxygen atoms in total. The molecule has 15 heteroatoms. The maximum absolute atomic E-state index is 14.4. The Morgan fingerprint density at radius 2 is 1.61 bits per heavy atom. The summed E-state index contributed by atoms with van der Waals surface area (Å²) in [7, 11) is 1.43. The number of ether oxygens (including phenoxy) is 3. The Morgan fingerprint density at radius 3 is 2.18 bits per heavy atom. The van der Waals surface area contributed by atoms with Crippen molar-refractivity contribution >= 4 is 0 Å². The van der Waals surface area contributed by atoms with Gasteiger partial charge in [-0.05, 0) is 23.3 Å². The number of hydrogen-bond acceptors (Lipinski definition) is 9. The van der Waals surface area contributed by atoms with Gasteiger partial charge in [0, 0.05) is 37.0 Å². The fourth-order valence-corrected chi connectivity index (χ4v) is 3.12. The molecule has 0 unspecified atom stereocenters. The van der Waals surface area contributed by atoms with Gasteiger partial charge in [-0.2, -0.15) is 18.2 Å². The smallest absolute Gasteiger partial charge is 0.451 e. The van der Waals surface area contributed by atoms with E-state index in [2.05, 4.69) is 29.9 Å². The van der Waals surface area contributed by atoms with Crippen LogP contribution in [0.1, 0.15) is 22.5 Å². The summed E-state index contributed by atoms with van der Waals surface area (Å²) in [5, 5.41) is 0. The van der Waals surface area contributed by atoms with E-state index < -0.39 is 34.9 Å². The number of benzene rings is 1. The van der Waals surface area contributed by atoms with Crippen molar-refractivity contribution in [3.05, 3.63) is 87.6 Å². The fourth-order valence-electron chi connectivity index (χ4n) is 3.12. The minimum Gasteiger partial charge on any atom is -0.467 e. The van der Waals surface area contributed by atoms with Crippen molar-refractivity contribution in [3.63, 3.8) is 0 Å². The molecule has 0 amide bonds. The van der Waals surface area contributed by atoms with Crippen LogP contribution in [-0.2, 0) is 19.0 Å². The Bertz CT molecular complexity index is 1440. The quantitative estimate of drug-likeness (QED) is 0.319. The summed E-state index contributed by atoms with van der Waals surface area (Å²) in [6.45, 7) is -0.0829. The molecule has 1 aromatic carbocycles. The molecule has 0 radical (unpaired) electrons. The lowest BCUT2D eigenvalue weighted by molar-refractivity contribution is -0.145. The standard InChI is InChI=1S/C23H17F5N6O4/c1-36-21-31-7-13(8-32-21)4-14-9-33-22(34-19(14)35)37-3-2-12-5-16(24)18(17(25)6-12)38-15-10-29-20(30-11-15)23(26,27)28/h5-11H,2-4H2,1H3,(H,33,34,35). The van der Waals surface area contributed by atoms with Gasteiger partial charge in [-0.15, -0.1) is 0 Å². The molecule has 0 spiro atoms. The molecule has 4 rings (SSSR count). The number of halogens is 5. The van der Waals surface area contributed by atoms with Gasteiger partial charge in [-0.25, -0.2) is 28.7 Å². The highest BCUT2D eigenvalue weighted by Gasteiger charge is 2.34. The number of aromatic nitrogens is 6. The fraction of sp³-hybridized carbons (Fsp3) is 0.217. The van der Waals surface area contributed by atoms with Crippen LogP contribution in [0.25, 0.3) is 0 Å². The number of methoxy groups -OCH3 is 1. The first-order chi connectivity index (χ1) is 18.1. The monoisotopic (exact) mass is 536 g/mol. The molecule has 3 heterocycles. The minimum absolute atomic E-state index is 0.0339. The van der Waals surface area contributed by atoms with E-state index in [-0.39, 0.29) is 42.8 Å². The molecule has 1 N–H and O–H groups in total. The normalized spacial score (nSPS) is 11.3. The Labute approximate surface area is 210 Å². The third-order valence-corrected chi connectivity index (χ3v) is 4.90. The van der Waals surface area contributed by atoms with E-state index in [1.807, 2.05) is 0 Å². The lowest BCUT2D eigenvalue weighted by Crippen LogP contribution is -2.16. The SMILES string of the molecule is COc1ncc(Cc2c[nH]c(OCCc3cc(F)c(Oc4cnc(C(F)(F)F)nc4)c(F)c3)nc2=O)cn1. The lowest BCUT2D eigenvalue weighted by atomic mass is 10.1. The van der Waals surface area contributed by atoms with Crippen molar-refractivity contribution in [2.75, 3.05) is 13.7 Å². The molecule has 3 aromatic heterocycles. The molecule has 4 aromatic rings. The third kappa shape index (κ3) is 6.54. The Kier molecular flexibility index (Phi) is 7.74. The van der Waals surface area contributed by atoms with Crippen molar-refractivity contribution in [1.82, 2.24) is 29.9 Å². The zero-order chi connectivity index (χ0) is 27.3. The second kappa shape index (κ2) is 11.1. The van der Waals surface area contributed by atoms with E-state index in [1.165, 1.54) is 25.7 Å². The van der Waals surface area contributed by atoms with Crippen LogP contribution < -0.4 is 19.8 Å². The maximum Gasteiger partial charge on any atom is 0.451 e.